The molecule has 1 aromatic heterocycles. The van der Waals surface area contributed by atoms with Crippen molar-refractivity contribution in [1.29, 1.82) is 0 Å². The Kier molecular flexibility index (Phi) is 3.85. The zero-order valence-corrected chi connectivity index (χ0v) is 11.3. The Morgan fingerprint density at radius 2 is 2.11 bits per heavy atom. The molecule has 2 N–H and O–H groups in total. The second-order valence-electron chi connectivity index (χ2n) is 4.27. The Hall–Kier alpha value is -2.30. The molecule has 0 aliphatic heterocycles. The van der Waals surface area contributed by atoms with Crippen molar-refractivity contribution in [1.82, 2.24) is 9.97 Å². The quantitative estimate of drug-likeness (QED) is 0.882. The number of ether oxygens (including phenoxy) is 1. The summed E-state index contributed by atoms with van der Waals surface area (Å²) in [7, 11) is 1.53. The Morgan fingerprint density at radius 1 is 1.32 bits per heavy atom. The van der Waals surface area contributed by atoms with Crippen molar-refractivity contribution >= 4 is 5.82 Å². The first-order chi connectivity index (χ1) is 9.11. The summed E-state index contributed by atoms with van der Waals surface area (Å²) in [4.78, 5) is 8.61. The lowest BCUT2D eigenvalue weighted by molar-refractivity contribution is 0.371. The monoisotopic (exact) mass is 259 g/mol. The van der Waals surface area contributed by atoms with E-state index < -0.39 is 0 Å². The van der Waals surface area contributed by atoms with Crippen LogP contribution in [-0.4, -0.2) is 22.2 Å². The second kappa shape index (κ2) is 5.56. The van der Waals surface area contributed by atoms with E-state index >= 15 is 0 Å². The second-order valence-corrected chi connectivity index (χ2v) is 4.27. The third-order valence-corrected chi connectivity index (χ3v) is 2.82. The minimum atomic E-state index is 0.149. The summed E-state index contributed by atoms with van der Waals surface area (Å²) in [5.41, 5.74) is 2.43. The van der Waals surface area contributed by atoms with E-state index in [1.165, 1.54) is 7.11 Å². The number of phenols is 1. The summed E-state index contributed by atoms with van der Waals surface area (Å²) in [6.07, 6.45) is 1.73. The zero-order valence-electron chi connectivity index (χ0n) is 11.3. The van der Waals surface area contributed by atoms with E-state index in [-0.39, 0.29) is 5.75 Å². The number of para-hydroxylation sites is 1. The van der Waals surface area contributed by atoms with Gasteiger partial charge in [-0.25, -0.2) is 4.98 Å². The standard InChI is InChI=1S/C14H17N3O2/c1-9-7-15-10(2)14(17-9)16-8-11-5-4-6-12(19-3)13(11)18/h4-7,18H,8H2,1-3H3,(H,16,17). The van der Waals surface area contributed by atoms with Gasteiger partial charge in [0.05, 0.1) is 18.5 Å². The number of rotatable bonds is 4. The fraction of sp³-hybridized carbons (Fsp3) is 0.286. The molecule has 0 bridgehead atoms. The Balaban J connectivity index is 2.17. The summed E-state index contributed by atoms with van der Waals surface area (Å²) in [6.45, 7) is 4.24. The maximum atomic E-state index is 9.99. The van der Waals surface area contributed by atoms with Crippen LogP contribution in [-0.2, 0) is 6.54 Å². The number of phenolic OH excluding ortho intramolecular Hbond substituents is 1. The van der Waals surface area contributed by atoms with Crippen LogP contribution in [0.25, 0.3) is 0 Å². The number of hydrogen-bond donors (Lipinski definition) is 2. The summed E-state index contributed by atoms with van der Waals surface area (Å²) < 4.78 is 5.07. The molecule has 0 aliphatic rings. The highest BCUT2D eigenvalue weighted by Crippen LogP contribution is 2.29. The highest BCUT2D eigenvalue weighted by Gasteiger charge is 2.08. The molecule has 0 spiro atoms. The Labute approximate surface area is 112 Å². The predicted molar refractivity (Wildman–Crippen MR) is 73.5 cm³/mol. The fourth-order valence-electron chi connectivity index (χ4n) is 1.76. The third kappa shape index (κ3) is 2.93. The molecule has 0 fully saturated rings. The van der Waals surface area contributed by atoms with Gasteiger partial charge in [-0.05, 0) is 19.9 Å². The third-order valence-electron chi connectivity index (χ3n) is 2.82. The molecule has 0 aliphatic carbocycles. The minimum Gasteiger partial charge on any atom is -0.504 e. The van der Waals surface area contributed by atoms with Gasteiger partial charge in [0.2, 0.25) is 0 Å². The lowest BCUT2D eigenvalue weighted by Gasteiger charge is -2.11. The topological polar surface area (TPSA) is 67.3 Å². The van der Waals surface area contributed by atoms with Gasteiger partial charge in [0.1, 0.15) is 5.82 Å². The molecule has 0 atom stereocenters. The molecule has 19 heavy (non-hydrogen) atoms. The minimum absolute atomic E-state index is 0.149. The number of nitrogens with zero attached hydrogens (tertiary/aromatic N) is 2. The van der Waals surface area contributed by atoms with Crippen LogP contribution >= 0.6 is 0 Å². The molecule has 2 aromatic rings. The molecule has 0 saturated heterocycles. The average Bonchev–Trinajstić information content (AvgIpc) is 2.41. The highest BCUT2D eigenvalue weighted by molar-refractivity contribution is 5.48. The van der Waals surface area contributed by atoms with Crippen molar-refractivity contribution in [3.63, 3.8) is 0 Å². The van der Waals surface area contributed by atoms with Crippen LogP contribution in [0, 0.1) is 13.8 Å². The molecule has 0 saturated carbocycles. The maximum Gasteiger partial charge on any atom is 0.162 e. The first-order valence-electron chi connectivity index (χ1n) is 6.00. The van der Waals surface area contributed by atoms with E-state index in [0.29, 0.717) is 12.3 Å². The van der Waals surface area contributed by atoms with Crippen molar-refractivity contribution in [3.05, 3.63) is 41.3 Å². The van der Waals surface area contributed by atoms with Crippen LogP contribution in [0.5, 0.6) is 11.5 Å². The number of aryl methyl sites for hydroxylation is 2. The number of aromatic nitrogens is 2. The van der Waals surface area contributed by atoms with E-state index in [1.54, 1.807) is 12.3 Å². The number of benzene rings is 1. The van der Waals surface area contributed by atoms with Gasteiger partial charge < -0.3 is 15.2 Å². The SMILES string of the molecule is COc1cccc(CNc2nc(C)cnc2C)c1O. The predicted octanol–water partition coefficient (Wildman–Crippen LogP) is 2.42. The van der Waals surface area contributed by atoms with Crippen molar-refractivity contribution in [2.75, 3.05) is 12.4 Å². The van der Waals surface area contributed by atoms with Crippen LogP contribution in [0.3, 0.4) is 0 Å². The number of aromatic hydroxyl groups is 1. The zero-order chi connectivity index (χ0) is 13.8. The van der Waals surface area contributed by atoms with Gasteiger partial charge in [0.15, 0.2) is 11.5 Å². The number of methoxy groups -OCH3 is 1. The molecule has 0 amide bonds. The van der Waals surface area contributed by atoms with Crippen molar-refractivity contribution in [2.45, 2.75) is 20.4 Å². The lowest BCUT2D eigenvalue weighted by atomic mass is 10.2. The van der Waals surface area contributed by atoms with Crippen LogP contribution in [0.4, 0.5) is 5.82 Å². The lowest BCUT2D eigenvalue weighted by Crippen LogP contribution is -2.05. The summed E-state index contributed by atoms with van der Waals surface area (Å²) in [5, 5.41) is 13.2. The molecule has 2 rings (SSSR count). The summed E-state index contributed by atoms with van der Waals surface area (Å²) in [6, 6.07) is 5.39. The van der Waals surface area contributed by atoms with Gasteiger partial charge in [-0.1, -0.05) is 12.1 Å². The van der Waals surface area contributed by atoms with E-state index in [0.717, 1.165) is 22.8 Å². The Bertz CT molecular complexity index is 585. The van der Waals surface area contributed by atoms with Crippen molar-refractivity contribution in [3.8, 4) is 11.5 Å². The largest absolute Gasteiger partial charge is 0.504 e. The molecule has 1 aromatic carbocycles. The fourth-order valence-corrected chi connectivity index (χ4v) is 1.76. The van der Waals surface area contributed by atoms with E-state index in [9.17, 15) is 5.11 Å². The molecular formula is C14H17N3O2. The number of hydrogen-bond acceptors (Lipinski definition) is 5. The number of nitrogens with one attached hydrogen (secondary N) is 1. The summed E-state index contributed by atoms with van der Waals surface area (Å²) >= 11 is 0. The molecule has 0 radical (unpaired) electrons. The van der Waals surface area contributed by atoms with Crippen LogP contribution < -0.4 is 10.1 Å². The first-order valence-corrected chi connectivity index (χ1v) is 6.00. The molecule has 0 unspecified atom stereocenters. The average molecular weight is 259 g/mol. The molecule has 5 nitrogen and oxygen atoms in total. The van der Waals surface area contributed by atoms with Crippen LogP contribution in [0.1, 0.15) is 17.0 Å². The van der Waals surface area contributed by atoms with Gasteiger partial charge in [0.25, 0.3) is 0 Å². The maximum absolute atomic E-state index is 9.99. The van der Waals surface area contributed by atoms with E-state index in [4.69, 9.17) is 4.74 Å². The van der Waals surface area contributed by atoms with Crippen LogP contribution in [0.15, 0.2) is 24.4 Å². The van der Waals surface area contributed by atoms with Crippen molar-refractivity contribution in [2.24, 2.45) is 0 Å². The van der Waals surface area contributed by atoms with Gasteiger partial charge in [-0.3, -0.25) is 4.98 Å². The Morgan fingerprint density at radius 3 is 2.84 bits per heavy atom. The highest BCUT2D eigenvalue weighted by atomic mass is 16.5. The molecular weight excluding hydrogens is 242 g/mol. The first kappa shape index (κ1) is 13.1. The van der Waals surface area contributed by atoms with Gasteiger partial charge in [0, 0.05) is 18.3 Å². The van der Waals surface area contributed by atoms with E-state index in [2.05, 4.69) is 15.3 Å². The van der Waals surface area contributed by atoms with Crippen molar-refractivity contribution < 1.29 is 9.84 Å². The van der Waals surface area contributed by atoms with Gasteiger partial charge in [-0.2, -0.15) is 0 Å². The molecule has 1 heterocycles. The number of anilines is 1. The smallest absolute Gasteiger partial charge is 0.162 e. The molecule has 100 valence electrons. The van der Waals surface area contributed by atoms with Crippen LogP contribution in [0.2, 0.25) is 0 Å². The summed E-state index contributed by atoms with van der Waals surface area (Å²) in [5.74, 6) is 1.34. The molecule has 5 heteroatoms. The van der Waals surface area contributed by atoms with E-state index in [1.807, 2.05) is 26.0 Å². The van der Waals surface area contributed by atoms with Gasteiger partial charge >= 0.3 is 0 Å². The van der Waals surface area contributed by atoms with Gasteiger partial charge in [-0.15, -0.1) is 0 Å². The normalized spacial score (nSPS) is 10.3.